The van der Waals surface area contributed by atoms with Gasteiger partial charge in [0.1, 0.15) is 29.0 Å². The normalized spacial score (nSPS) is 24.0. The fourth-order valence-electron chi connectivity index (χ4n) is 6.49. The smallest absolute Gasteiger partial charge is 0.307 e. The summed E-state index contributed by atoms with van der Waals surface area (Å²) < 4.78 is 44.9. The zero-order chi connectivity index (χ0) is 37.7. The molecule has 2 N–H and O–H groups in total. The number of amides is 3. The average molecular weight is 747 g/mol. The number of ether oxygens (including phenoxy) is 3. The van der Waals surface area contributed by atoms with Crippen molar-refractivity contribution in [2.24, 2.45) is 17.3 Å². The number of likely N-dealkylation sites (tertiary alicyclic amines) is 1. The Bertz CT molecular complexity index is 1850. The van der Waals surface area contributed by atoms with Crippen molar-refractivity contribution in [1.82, 2.24) is 19.9 Å². The maximum Gasteiger partial charge on any atom is 0.307 e. The summed E-state index contributed by atoms with van der Waals surface area (Å²) in [5, 5.41) is 3.83. The molecule has 278 valence electrons. The molecule has 2 aliphatic carbocycles. The first-order valence-corrected chi connectivity index (χ1v) is 18.9. The van der Waals surface area contributed by atoms with Crippen molar-refractivity contribution in [3.05, 3.63) is 42.1 Å². The maximum atomic E-state index is 14.5. The molecule has 2 heterocycles. The summed E-state index contributed by atoms with van der Waals surface area (Å²) in [7, 11) is -2.38. The van der Waals surface area contributed by atoms with Crippen LogP contribution in [0, 0.1) is 17.3 Å². The van der Waals surface area contributed by atoms with Crippen LogP contribution in [-0.2, 0) is 33.9 Å². The van der Waals surface area contributed by atoms with Crippen molar-refractivity contribution in [2.75, 3.05) is 13.7 Å². The number of nitrogens with one attached hydrogen (secondary N) is 2. The molecule has 3 aliphatic rings. The molecule has 0 spiro atoms. The minimum Gasteiger partial charge on any atom is -0.494 e. The fourth-order valence-corrected chi connectivity index (χ4v) is 8.02. The van der Waals surface area contributed by atoms with Gasteiger partial charge in [-0.3, -0.25) is 23.9 Å². The summed E-state index contributed by atoms with van der Waals surface area (Å²) in [6.07, 6.45) is 3.08. The van der Waals surface area contributed by atoms with Gasteiger partial charge in [0.2, 0.25) is 27.7 Å². The van der Waals surface area contributed by atoms with Crippen LogP contribution in [0.15, 0.2) is 37.1 Å². The average Bonchev–Trinajstić information content (AvgIpc) is 3.95. The number of aromatic nitrogens is 1. The predicted octanol–water partition coefficient (Wildman–Crippen LogP) is 4.31. The number of hydrogen-bond acceptors (Lipinski definition) is 10. The van der Waals surface area contributed by atoms with Gasteiger partial charge in [0.15, 0.2) is 0 Å². The van der Waals surface area contributed by atoms with Gasteiger partial charge in [0, 0.05) is 28.1 Å². The number of sulfonamides is 1. The number of pyridine rings is 1. The zero-order valence-electron chi connectivity index (χ0n) is 30.1. The number of nitrogens with zero attached hydrogens (tertiary/aromatic N) is 2. The molecule has 1 aromatic carbocycles. The summed E-state index contributed by atoms with van der Waals surface area (Å²) in [4.78, 5) is 61.1. The summed E-state index contributed by atoms with van der Waals surface area (Å²) >= 11 is 6.32. The van der Waals surface area contributed by atoms with Gasteiger partial charge in [0.25, 0.3) is 5.91 Å². The summed E-state index contributed by atoms with van der Waals surface area (Å²) in [5.41, 5.74) is -3.05. The molecule has 2 aromatic rings. The quantitative estimate of drug-likeness (QED) is 0.236. The monoisotopic (exact) mass is 746 g/mol. The molecule has 0 bridgehead atoms. The molecule has 1 saturated heterocycles. The van der Waals surface area contributed by atoms with E-state index >= 15 is 0 Å². The Hall–Kier alpha value is -3.91. The Morgan fingerprint density at radius 1 is 1.14 bits per heavy atom. The van der Waals surface area contributed by atoms with Crippen LogP contribution < -0.4 is 19.5 Å². The van der Waals surface area contributed by atoms with E-state index in [4.69, 9.17) is 25.8 Å². The molecule has 5 rings (SSSR count). The van der Waals surface area contributed by atoms with Gasteiger partial charge >= 0.3 is 5.97 Å². The number of fused-ring (bicyclic) bond motifs is 1. The van der Waals surface area contributed by atoms with Crippen LogP contribution in [0.5, 0.6) is 11.6 Å². The molecular weight excluding hydrogens is 700 g/mol. The molecule has 3 fully saturated rings. The Morgan fingerprint density at radius 3 is 2.39 bits per heavy atom. The van der Waals surface area contributed by atoms with Crippen LogP contribution in [0.4, 0.5) is 0 Å². The van der Waals surface area contributed by atoms with Crippen molar-refractivity contribution in [3.8, 4) is 11.6 Å². The highest BCUT2D eigenvalue weighted by Gasteiger charge is 2.62. The van der Waals surface area contributed by atoms with Crippen LogP contribution in [-0.4, -0.2) is 84.2 Å². The third kappa shape index (κ3) is 8.43. The van der Waals surface area contributed by atoms with E-state index in [0.717, 1.165) is 0 Å². The highest BCUT2D eigenvalue weighted by atomic mass is 35.5. The number of benzene rings is 1. The van der Waals surface area contributed by atoms with Crippen LogP contribution in [0.3, 0.4) is 0 Å². The second-order valence-electron chi connectivity index (χ2n) is 15.7. The standard InChI is InChI=1S/C36H47ClN4O9S/c1-9-20-17-36(20,33(45)40-51(46,47)23-11-12-23)39-30(43)27-15-22(49-31-25-14-21(37)10-13-24(25)28(48-8)18-38-31)19-41(27)32(44)26(34(2,3)4)16-29(42)50-35(5,6)7/h9-10,13-14,18,20,22-23,26-27H,1,11-12,15-17,19H2,2-8H3,(H,39,43)(H,40,45)/t20-,22-,26-,27+,36-/m1/s1. The minimum atomic E-state index is -3.90. The van der Waals surface area contributed by atoms with Gasteiger partial charge < -0.3 is 24.4 Å². The number of halogens is 1. The number of carbonyl (C=O) groups is 4. The first-order chi connectivity index (χ1) is 23.7. The van der Waals surface area contributed by atoms with Gasteiger partial charge in [-0.25, -0.2) is 13.4 Å². The fraction of sp³-hybridized carbons (Fsp3) is 0.583. The number of rotatable bonds is 12. The van der Waals surface area contributed by atoms with Gasteiger partial charge in [0.05, 0.1) is 37.4 Å². The zero-order valence-corrected chi connectivity index (χ0v) is 31.7. The lowest BCUT2D eigenvalue weighted by molar-refractivity contribution is -0.161. The lowest BCUT2D eigenvalue weighted by Crippen LogP contribution is -2.57. The number of methoxy groups -OCH3 is 1. The molecule has 13 nitrogen and oxygen atoms in total. The van der Waals surface area contributed by atoms with Crippen molar-refractivity contribution < 1.29 is 41.8 Å². The van der Waals surface area contributed by atoms with Gasteiger partial charge in [-0.1, -0.05) is 38.4 Å². The molecule has 1 aliphatic heterocycles. The second-order valence-corrected chi connectivity index (χ2v) is 18.1. The third-order valence-electron chi connectivity index (χ3n) is 9.51. The lowest BCUT2D eigenvalue weighted by Gasteiger charge is -2.35. The molecule has 0 unspecified atom stereocenters. The number of carbonyl (C=O) groups excluding carboxylic acids is 4. The molecule has 2 saturated carbocycles. The Kier molecular flexibility index (Phi) is 10.4. The number of hydrogen-bond donors (Lipinski definition) is 2. The Labute approximate surface area is 303 Å². The second kappa shape index (κ2) is 13.9. The molecule has 51 heavy (non-hydrogen) atoms. The Balaban J connectivity index is 1.46. The van der Waals surface area contributed by atoms with Crippen molar-refractivity contribution in [1.29, 1.82) is 0 Å². The summed E-state index contributed by atoms with van der Waals surface area (Å²) in [6.45, 7) is 14.4. The van der Waals surface area contributed by atoms with Gasteiger partial charge in [-0.05, 0) is 63.6 Å². The number of esters is 1. The molecule has 3 amide bonds. The first kappa shape index (κ1) is 38.3. The molecule has 15 heteroatoms. The van der Waals surface area contributed by atoms with E-state index in [-0.39, 0.29) is 31.7 Å². The predicted molar refractivity (Wildman–Crippen MR) is 191 cm³/mol. The van der Waals surface area contributed by atoms with Gasteiger partial charge in [-0.2, -0.15) is 0 Å². The van der Waals surface area contributed by atoms with Gasteiger partial charge in [-0.15, -0.1) is 6.58 Å². The van der Waals surface area contributed by atoms with Crippen LogP contribution >= 0.6 is 11.6 Å². The van der Waals surface area contributed by atoms with E-state index < -0.39 is 79.5 Å². The topological polar surface area (TPSA) is 170 Å². The van der Waals surface area contributed by atoms with Crippen LogP contribution in [0.1, 0.15) is 73.6 Å². The first-order valence-electron chi connectivity index (χ1n) is 17.0. The van der Waals surface area contributed by atoms with Crippen molar-refractivity contribution in [3.63, 3.8) is 0 Å². The van der Waals surface area contributed by atoms with E-state index in [1.807, 2.05) is 20.8 Å². The minimum absolute atomic E-state index is 0.00741. The molecule has 0 radical (unpaired) electrons. The summed E-state index contributed by atoms with van der Waals surface area (Å²) in [6, 6.07) is 4.02. The van der Waals surface area contributed by atoms with E-state index in [2.05, 4.69) is 21.6 Å². The molecule has 1 aromatic heterocycles. The summed E-state index contributed by atoms with van der Waals surface area (Å²) in [5.74, 6) is -3.25. The SMILES string of the molecule is C=C[C@@H]1C[C@]1(NC(=O)[C@@H]1C[C@@H](Oc2ncc(OC)c3ccc(Cl)cc23)CN1C(=O)[C@@H](CC(=O)OC(C)(C)C)C(C)(C)C)C(=O)NS(=O)(=O)C1CC1. The Morgan fingerprint density at radius 2 is 1.82 bits per heavy atom. The highest BCUT2D eigenvalue weighted by Crippen LogP contribution is 2.46. The maximum absolute atomic E-state index is 14.5. The van der Waals surface area contributed by atoms with E-state index in [0.29, 0.717) is 34.4 Å². The molecule has 5 atom stereocenters. The molecular formula is C36H47ClN4O9S. The largest absolute Gasteiger partial charge is 0.494 e. The van der Waals surface area contributed by atoms with Crippen molar-refractivity contribution >= 4 is 56.1 Å². The lowest BCUT2D eigenvalue weighted by atomic mass is 9.77. The van der Waals surface area contributed by atoms with E-state index in [9.17, 15) is 27.6 Å². The van der Waals surface area contributed by atoms with E-state index in [1.165, 1.54) is 24.3 Å². The van der Waals surface area contributed by atoms with E-state index in [1.54, 1.807) is 39.0 Å². The van der Waals surface area contributed by atoms with Crippen molar-refractivity contribution in [2.45, 2.75) is 102 Å². The van der Waals surface area contributed by atoms with Crippen LogP contribution in [0.25, 0.3) is 10.8 Å². The third-order valence-corrected chi connectivity index (χ3v) is 11.6. The van der Waals surface area contributed by atoms with Crippen LogP contribution in [0.2, 0.25) is 5.02 Å². The highest BCUT2D eigenvalue weighted by molar-refractivity contribution is 7.91.